The van der Waals surface area contributed by atoms with E-state index in [0.29, 0.717) is 17.2 Å². The SMILES string of the molecule is Cc1ccc(O)c(NC(=O)CCC(=O)c2ccc(CC(C)C)cc2)c1. The number of ketones is 1. The van der Waals surface area contributed by atoms with E-state index in [0.717, 1.165) is 12.0 Å². The van der Waals surface area contributed by atoms with Crippen LogP contribution in [0, 0.1) is 12.8 Å². The lowest BCUT2D eigenvalue weighted by molar-refractivity contribution is -0.116. The fourth-order valence-electron chi connectivity index (χ4n) is 2.63. The summed E-state index contributed by atoms with van der Waals surface area (Å²) in [5.74, 6) is 0.250. The van der Waals surface area contributed by atoms with Crippen LogP contribution in [-0.2, 0) is 11.2 Å². The summed E-state index contributed by atoms with van der Waals surface area (Å²) in [6.07, 6.45) is 1.21. The predicted octanol–water partition coefficient (Wildman–Crippen LogP) is 4.50. The van der Waals surface area contributed by atoms with E-state index in [4.69, 9.17) is 0 Å². The summed E-state index contributed by atoms with van der Waals surface area (Å²) in [5, 5.41) is 12.4. The minimum Gasteiger partial charge on any atom is -0.506 e. The minimum absolute atomic E-state index is 0.0195. The van der Waals surface area contributed by atoms with Crippen molar-refractivity contribution in [1.29, 1.82) is 0 Å². The highest BCUT2D eigenvalue weighted by atomic mass is 16.3. The molecule has 0 aliphatic carbocycles. The first-order chi connectivity index (χ1) is 11.8. The molecule has 25 heavy (non-hydrogen) atoms. The molecule has 1 amide bonds. The van der Waals surface area contributed by atoms with Crippen LogP contribution in [0.15, 0.2) is 42.5 Å². The number of anilines is 1. The first-order valence-electron chi connectivity index (χ1n) is 8.56. The normalized spacial score (nSPS) is 10.7. The van der Waals surface area contributed by atoms with Crippen molar-refractivity contribution in [3.63, 3.8) is 0 Å². The fourth-order valence-corrected chi connectivity index (χ4v) is 2.63. The lowest BCUT2D eigenvalue weighted by Gasteiger charge is -2.08. The first kappa shape index (κ1) is 18.7. The molecule has 0 bridgehead atoms. The monoisotopic (exact) mass is 339 g/mol. The van der Waals surface area contributed by atoms with Gasteiger partial charge in [0.05, 0.1) is 5.69 Å². The smallest absolute Gasteiger partial charge is 0.224 e. The minimum atomic E-state index is -0.286. The Labute approximate surface area is 148 Å². The Morgan fingerprint density at radius 3 is 2.36 bits per heavy atom. The van der Waals surface area contributed by atoms with Crippen LogP contribution in [0.3, 0.4) is 0 Å². The topological polar surface area (TPSA) is 66.4 Å². The van der Waals surface area contributed by atoms with Gasteiger partial charge >= 0.3 is 0 Å². The maximum Gasteiger partial charge on any atom is 0.224 e. The second kappa shape index (κ2) is 8.47. The van der Waals surface area contributed by atoms with Crippen molar-refractivity contribution in [1.82, 2.24) is 0 Å². The molecule has 0 aliphatic rings. The number of carbonyl (C=O) groups excluding carboxylic acids is 2. The third kappa shape index (κ3) is 5.75. The van der Waals surface area contributed by atoms with Gasteiger partial charge in [-0.05, 0) is 42.5 Å². The lowest BCUT2D eigenvalue weighted by atomic mass is 9.99. The Balaban J connectivity index is 1.88. The van der Waals surface area contributed by atoms with Crippen molar-refractivity contribution < 1.29 is 14.7 Å². The maximum absolute atomic E-state index is 12.2. The van der Waals surface area contributed by atoms with E-state index in [-0.39, 0.29) is 30.3 Å². The van der Waals surface area contributed by atoms with E-state index in [1.807, 2.05) is 31.2 Å². The number of hydrogen-bond acceptors (Lipinski definition) is 3. The molecule has 4 nitrogen and oxygen atoms in total. The number of hydrogen-bond donors (Lipinski definition) is 2. The van der Waals surface area contributed by atoms with Crippen molar-refractivity contribution >= 4 is 17.4 Å². The number of benzene rings is 2. The molecule has 0 spiro atoms. The van der Waals surface area contributed by atoms with Gasteiger partial charge in [0, 0.05) is 18.4 Å². The van der Waals surface area contributed by atoms with Crippen molar-refractivity contribution in [3.05, 3.63) is 59.2 Å². The number of aromatic hydroxyl groups is 1. The number of phenolic OH excluding ortho intramolecular Hbond substituents is 1. The molecule has 0 unspecified atom stereocenters. The Kier molecular flexibility index (Phi) is 6.34. The molecule has 0 atom stereocenters. The van der Waals surface area contributed by atoms with Crippen molar-refractivity contribution in [2.45, 2.75) is 40.0 Å². The number of aryl methyl sites for hydroxylation is 1. The Morgan fingerprint density at radius 1 is 1.04 bits per heavy atom. The van der Waals surface area contributed by atoms with E-state index in [2.05, 4.69) is 19.2 Å². The Bertz CT molecular complexity index is 748. The number of phenols is 1. The molecule has 0 aromatic heterocycles. The van der Waals surface area contributed by atoms with Crippen molar-refractivity contribution in [2.24, 2.45) is 5.92 Å². The summed E-state index contributed by atoms with van der Waals surface area (Å²) in [6.45, 7) is 6.19. The van der Waals surface area contributed by atoms with E-state index >= 15 is 0 Å². The van der Waals surface area contributed by atoms with Gasteiger partial charge in [-0.3, -0.25) is 9.59 Å². The van der Waals surface area contributed by atoms with Crippen molar-refractivity contribution in [2.75, 3.05) is 5.32 Å². The van der Waals surface area contributed by atoms with Gasteiger partial charge in [0.2, 0.25) is 5.91 Å². The van der Waals surface area contributed by atoms with Crippen LogP contribution in [0.25, 0.3) is 0 Å². The van der Waals surface area contributed by atoms with E-state index in [9.17, 15) is 14.7 Å². The number of nitrogens with one attached hydrogen (secondary N) is 1. The Hall–Kier alpha value is -2.62. The highest BCUT2D eigenvalue weighted by Crippen LogP contribution is 2.24. The quantitative estimate of drug-likeness (QED) is 0.576. The summed E-state index contributed by atoms with van der Waals surface area (Å²) in [7, 11) is 0. The zero-order chi connectivity index (χ0) is 18.4. The molecule has 2 aromatic carbocycles. The van der Waals surface area contributed by atoms with Gasteiger partial charge in [-0.2, -0.15) is 0 Å². The van der Waals surface area contributed by atoms with E-state index in [1.165, 1.54) is 11.6 Å². The third-order valence-electron chi connectivity index (χ3n) is 3.93. The van der Waals surface area contributed by atoms with Crippen LogP contribution in [0.1, 0.15) is 48.2 Å². The van der Waals surface area contributed by atoms with Gasteiger partial charge in [-0.15, -0.1) is 0 Å². The molecule has 0 heterocycles. The number of carbonyl (C=O) groups is 2. The van der Waals surface area contributed by atoms with Crippen molar-refractivity contribution in [3.8, 4) is 5.75 Å². The summed E-state index contributed by atoms with van der Waals surface area (Å²) in [4.78, 5) is 24.2. The van der Waals surface area contributed by atoms with Crippen LogP contribution in [0.4, 0.5) is 5.69 Å². The number of Topliss-reactive ketones (excluding diaryl/α,β-unsaturated/α-hetero) is 1. The molecule has 0 saturated heterocycles. The van der Waals surface area contributed by atoms with E-state index < -0.39 is 0 Å². The molecule has 0 radical (unpaired) electrons. The lowest BCUT2D eigenvalue weighted by Crippen LogP contribution is -2.13. The van der Waals surface area contributed by atoms with Crippen LogP contribution in [-0.4, -0.2) is 16.8 Å². The van der Waals surface area contributed by atoms with Gasteiger partial charge in [0.1, 0.15) is 5.75 Å². The van der Waals surface area contributed by atoms with Crippen LogP contribution >= 0.6 is 0 Å². The summed E-state index contributed by atoms with van der Waals surface area (Å²) >= 11 is 0. The summed E-state index contributed by atoms with van der Waals surface area (Å²) in [5.41, 5.74) is 3.14. The molecule has 0 fully saturated rings. The molecule has 2 rings (SSSR count). The van der Waals surface area contributed by atoms with Crippen LogP contribution < -0.4 is 5.32 Å². The molecule has 0 aliphatic heterocycles. The zero-order valence-electron chi connectivity index (χ0n) is 15.0. The molecular formula is C21H25NO3. The van der Waals surface area contributed by atoms with Gasteiger partial charge in [0.25, 0.3) is 0 Å². The average molecular weight is 339 g/mol. The first-order valence-corrected chi connectivity index (χ1v) is 8.56. The van der Waals surface area contributed by atoms with Gasteiger partial charge in [-0.25, -0.2) is 0 Å². The largest absolute Gasteiger partial charge is 0.506 e. The Morgan fingerprint density at radius 2 is 1.72 bits per heavy atom. The standard InChI is InChI=1S/C21H25NO3/c1-14(2)12-16-5-7-17(8-6-16)19(23)10-11-21(25)22-18-13-15(3)4-9-20(18)24/h4-9,13-14,24H,10-12H2,1-3H3,(H,22,25). The molecule has 132 valence electrons. The molecule has 2 aromatic rings. The molecule has 0 saturated carbocycles. The average Bonchev–Trinajstić information content (AvgIpc) is 2.56. The zero-order valence-corrected chi connectivity index (χ0v) is 15.0. The van der Waals surface area contributed by atoms with Gasteiger partial charge in [-0.1, -0.05) is 44.2 Å². The second-order valence-corrected chi connectivity index (χ2v) is 6.79. The number of rotatable bonds is 7. The second-order valence-electron chi connectivity index (χ2n) is 6.79. The van der Waals surface area contributed by atoms with Gasteiger partial charge in [0.15, 0.2) is 5.78 Å². The van der Waals surface area contributed by atoms with E-state index in [1.54, 1.807) is 12.1 Å². The highest BCUT2D eigenvalue weighted by molar-refractivity contribution is 6.00. The third-order valence-corrected chi connectivity index (χ3v) is 3.93. The molecule has 2 N–H and O–H groups in total. The predicted molar refractivity (Wildman–Crippen MR) is 100 cm³/mol. The molecule has 4 heteroatoms. The van der Waals surface area contributed by atoms with Crippen LogP contribution in [0.2, 0.25) is 0 Å². The summed E-state index contributed by atoms with van der Waals surface area (Å²) < 4.78 is 0. The van der Waals surface area contributed by atoms with Gasteiger partial charge < -0.3 is 10.4 Å². The number of amides is 1. The van der Waals surface area contributed by atoms with Crippen LogP contribution in [0.5, 0.6) is 5.75 Å². The highest BCUT2D eigenvalue weighted by Gasteiger charge is 2.11. The summed E-state index contributed by atoms with van der Waals surface area (Å²) in [6, 6.07) is 12.6. The molecular weight excluding hydrogens is 314 g/mol. The fraction of sp³-hybridized carbons (Fsp3) is 0.333. The maximum atomic E-state index is 12.2.